The van der Waals surface area contributed by atoms with Crippen molar-refractivity contribution in [1.29, 1.82) is 0 Å². The first-order chi connectivity index (χ1) is 15.0. The number of hydrogen-bond acceptors (Lipinski definition) is 3. The van der Waals surface area contributed by atoms with Crippen molar-refractivity contribution in [3.05, 3.63) is 46.9 Å². The number of carbonyl (C=O) groups excluding carboxylic acids is 2. The summed E-state index contributed by atoms with van der Waals surface area (Å²) < 4.78 is 5.39. The van der Waals surface area contributed by atoms with Gasteiger partial charge in [0.2, 0.25) is 5.91 Å². The summed E-state index contributed by atoms with van der Waals surface area (Å²) in [5.41, 5.74) is 1.40. The summed E-state index contributed by atoms with van der Waals surface area (Å²) in [6, 6.07) is 7.16. The van der Waals surface area contributed by atoms with Crippen LogP contribution in [0, 0.1) is 18.4 Å². The van der Waals surface area contributed by atoms with Crippen LogP contribution in [0.1, 0.15) is 84.6 Å². The fourth-order valence-electron chi connectivity index (χ4n) is 3.34. The van der Waals surface area contributed by atoms with E-state index < -0.39 is 5.97 Å². The minimum atomic E-state index is -0.580. The number of esters is 1. The Morgan fingerprint density at radius 1 is 1.03 bits per heavy atom. The lowest BCUT2D eigenvalue weighted by Crippen LogP contribution is -2.22. The zero-order valence-corrected chi connectivity index (χ0v) is 19.6. The molecule has 0 aliphatic heterocycles. The quantitative estimate of drug-likeness (QED) is 0.201. The number of unbranched alkanes of at least 4 members (excludes halogenated alkanes) is 2. The third-order valence-corrected chi connectivity index (χ3v) is 5.57. The Kier molecular flexibility index (Phi) is 13.0. The molecule has 0 aliphatic carbocycles. The Labute approximate surface area is 188 Å². The number of nitrogens with one attached hydrogen (secondary N) is 1. The number of benzene rings is 1. The predicted octanol–water partition coefficient (Wildman–Crippen LogP) is 6.86. The molecule has 1 aromatic rings. The topological polar surface area (TPSA) is 59.8 Å². The summed E-state index contributed by atoms with van der Waals surface area (Å²) in [5, 5.41) is 2.96. The van der Waals surface area contributed by atoms with Gasteiger partial charge in [-0.1, -0.05) is 71.9 Å². The van der Waals surface area contributed by atoms with Crippen molar-refractivity contribution in [1.82, 2.24) is 0 Å². The second-order valence-corrected chi connectivity index (χ2v) is 8.02. The molecule has 2 atom stereocenters. The molecule has 2 unspecified atom stereocenters. The zero-order chi connectivity index (χ0) is 23.1. The molecule has 1 N–H and O–H groups in total. The summed E-state index contributed by atoms with van der Waals surface area (Å²) in [4.78, 5) is 28.1. The molecule has 170 valence electrons. The number of nitrogens with zero attached hydrogens (tertiary/aromatic N) is 1. The van der Waals surface area contributed by atoms with Crippen LogP contribution in [0.15, 0.2) is 30.0 Å². The first-order valence-electron chi connectivity index (χ1n) is 11.7. The highest BCUT2D eigenvalue weighted by atomic mass is 16.5. The molecule has 0 bridgehead atoms. The summed E-state index contributed by atoms with van der Waals surface area (Å²) in [5.74, 6) is -0.183. The molecule has 0 aliphatic rings. The standard InChI is InChI=1S/C26H38N2O3/c1-6-10-12-20(8-3)19-31-26(30)24(27-5)18-21-14-16-23(17-15-21)28-25(29)22(9-4)13-11-7-2/h14-18,20,22H,6-13,19H2,1-4H3,(H,28,29)/b24-18-. The van der Waals surface area contributed by atoms with Crippen molar-refractivity contribution in [3.8, 4) is 0 Å². The van der Waals surface area contributed by atoms with Crippen LogP contribution in [0.4, 0.5) is 5.69 Å². The van der Waals surface area contributed by atoms with Gasteiger partial charge >= 0.3 is 5.97 Å². The maximum Gasteiger partial charge on any atom is 0.336 e. The molecular weight excluding hydrogens is 388 g/mol. The summed E-state index contributed by atoms with van der Waals surface area (Å²) in [6.07, 6.45) is 9.58. The Bertz CT molecular complexity index is 747. The van der Waals surface area contributed by atoms with Crippen molar-refractivity contribution in [2.45, 2.75) is 79.1 Å². The Hall–Kier alpha value is -2.61. The Balaban J connectivity index is 2.71. The van der Waals surface area contributed by atoms with Gasteiger partial charge in [-0.3, -0.25) is 9.59 Å². The molecule has 1 amide bonds. The van der Waals surface area contributed by atoms with Crippen molar-refractivity contribution in [2.75, 3.05) is 11.9 Å². The highest BCUT2D eigenvalue weighted by molar-refractivity contribution is 5.96. The SMILES string of the molecule is [C-]#[N+]/C(=C\c1ccc(NC(=O)C(CC)CCCC)cc1)C(=O)OCC(CC)CCCC. The maximum absolute atomic E-state index is 12.4. The van der Waals surface area contributed by atoms with Gasteiger partial charge in [-0.05, 0) is 49.0 Å². The van der Waals surface area contributed by atoms with E-state index in [0.29, 0.717) is 18.2 Å². The molecule has 5 heteroatoms. The third-order valence-electron chi connectivity index (χ3n) is 5.57. The summed E-state index contributed by atoms with van der Waals surface area (Å²) >= 11 is 0. The van der Waals surface area contributed by atoms with Crippen LogP contribution in [0.5, 0.6) is 0 Å². The summed E-state index contributed by atoms with van der Waals surface area (Å²) in [6.45, 7) is 16.1. The first kappa shape index (κ1) is 26.4. The minimum Gasteiger partial charge on any atom is -0.470 e. The van der Waals surface area contributed by atoms with Crippen LogP contribution in [-0.4, -0.2) is 18.5 Å². The van der Waals surface area contributed by atoms with E-state index in [0.717, 1.165) is 56.9 Å². The molecule has 1 aromatic carbocycles. The van der Waals surface area contributed by atoms with Crippen LogP contribution in [0.3, 0.4) is 0 Å². The molecule has 0 saturated heterocycles. The van der Waals surface area contributed by atoms with E-state index in [2.05, 4.69) is 30.9 Å². The average molecular weight is 427 g/mol. The van der Waals surface area contributed by atoms with Gasteiger partial charge in [0.25, 0.3) is 5.70 Å². The Morgan fingerprint density at radius 2 is 1.68 bits per heavy atom. The van der Waals surface area contributed by atoms with Crippen molar-refractivity contribution < 1.29 is 14.3 Å². The third kappa shape index (κ3) is 9.83. The molecule has 5 nitrogen and oxygen atoms in total. The van der Waals surface area contributed by atoms with Gasteiger partial charge < -0.3 is 10.1 Å². The van der Waals surface area contributed by atoms with Crippen LogP contribution in [-0.2, 0) is 14.3 Å². The maximum atomic E-state index is 12.4. The molecule has 0 spiro atoms. The van der Waals surface area contributed by atoms with Gasteiger partial charge in [-0.15, -0.1) is 0 Å². The normalized spacial score (nSPS) is 13.2. The van der Waals surface area contributed by atoms with Crippen LogP contribution >= 0.6 is 0 Å². The van der Waals surface area contributed by atoms with Gasteiger partial charge in [0, 0.05) is 11.6 Å². The lowest BCUT2D eigenvalue weighted by molar-refractivity contribution is -0.140. The van der Waals surface area contributed by atoms with Crippen LogP contribution in [0.2, 0.25) is 0 Å². The van der Waals surface area contributed by atoms with E-state index in [1.54, 1.807) is 24.3 Å². The molecule has 0 heterocycles. The highest BCUT2D eigenvalue weighted by Crippen LogP contribution is 2.19. The molecule has 31 heavy (non-hydrogen) atoms. The van der Waals surface area contributed by atoms with E-state index in [-0.39, 0.29) is 17.5 Å². The average Bonchev–Trinajstić information content (AvgIpc) is 2.79. The van der Waals surface area contributed by atoms with E-state index in [1.807, 2.05) is 6.92 Å². The fraction of sp³-hybridized carbons (Fsp3) is 0.577. The molecule has 0 saturated carbocycles. The highest BCUT2D eigenvalue weighted by Gasteiger charge is 2.17. The lowest BCUT2D eigenvalue weighted by atomic mass is 9.98. The Morgan fingerprint density at radius 3 is 2.23 bits per heavy atom. The monoisotopic (exact) mass is 426 g/mol. The second kappa shape index (κ2) is 15.2. The summed E-state index contributed by atoms with van der Waals surface area (Å²) in [7, 11) is 0. The first-order valence-corrected chi connectivity index (χ1v) is 11.7. The van der Waals surface area contributed by atoms with Crippen LogP contribution < -0.4 is 5.32 Å². The molecule has 1 rings (SSSR count). The lowest BCUT2D eigenvalue weighted by Gasteiger charge is -2.15. The van der Waals surface area contributed by atoms with E-state index in [4.69, 9.17) is 11.3 Å². The molecule has 0 radical (unpaired) electrons. The number of ether oxygens (including phenoxy) is 1. The number of carbonyl (C=O) groups is 2. The number of amides is 1. The molecule has 0 fully saturated rings. The van der Waals surface area contributed by atoms with Crippen LogP contribution in [0.25, 0.3) is 10.9 Å². The molecular formula is C26H38N2O3. The smallest absolute Gasteiger partial charge is 0.336 e. The predicted molar refractivity (Wildman–Crippen MR) is 127 cm³/mol. The molecule has 0 aromatic heterocycles. The number of anilines is 1. The second-order valence-electron chi connectivity index (χ2n) is 8.02. The van der Waals surface area contributed by atoms with Gasteiger partial charge in [0.1, 0.15) is 0 Å². The fourth-order valence-corrected chi connectivity index (χ4v) is 3.34. The van der Waals surface area contributed by atoms with Gasteiger partial charge in [-0.25, -0.2) is 4.85 Å². The van der Waals surface area contributed by atoms with Crippen molar-refractivity contribution in [3.63, 3.8) is 0 Å². The van der Waals surface area contributed by atoms with Gasteiger partial charge in [0.05, 0.1) is 13.2 Å². The van der Waals surface area contributed by atoms with E-state index in [9.17, 15) is 9.59 Å². The largest absolute Gasteiger partial charge is 0.470 e. The zero-order valence-electron chi connectivity index (χ0n) is 19.6. The minimum absolute atomic E-state index is 0.0206. The van der Waals surface area contributed by atoms with Gasteiger partial charge in [0.15, 0.2) is 0 Å². The van der Waals surface area contributed by atoms with Gasteiger partial charge in [-0.2, -0.15) is 0 Å². The van der Waals surface area contributed by atoms with Crippen molar-refractivity contribution >= 4 is 23.6 Å². The number of hydrogen-bond donors (Lipinski definition) is 1. The number of rotatable bonds is 14. The van der Waals surface area contributed by atoms with E-state index >= 15 is 0 Å². The van der Waals surface area contributed by atoms with Crippen molar-refractivity contribution in [2.24, 2.45) is 11.8 Å². The van der Waals surface area contributed by atoms with E-state index in [1.165, 1.54) is 6.08 Å².